The quantitative estimate of drug-likeness (QED) is 0.491. The number of thiazole rings is 1. The van der Waals surface area contributed by atoms with Gasteiger partial charge in [0.1, 0.15) is 5.69 Å². The highest BCUT2D eigenvalue weighted by atomic mass is 32.1. The maximum atomic E-state index is 12.4. The van der Waals surface area contributed by atoms with E-state index in [4.69, 9.17) is 9.47 Å². The second kappa shape index (κ2) is 7.16. The summed E-state index contributed by atoms with van der Waals surface area (Å²) in [6.07, 6.45) is 0. The normalized spacial score (nSPS) is 11.9. The highest BCUT2D eigenvalue weighted by Crippen LogP contribution is 2.35. The van der Waals surface area contributed by atoms with Crippen LogP contribution in [0.2, 0.25) is 0 Å². The van der Waals surface area contributed by atoms with Crippen LogP contribution in [0.25, 0.3) is 0 Å². The van der Waals surface area contributed by atoms with Crippen LogP contribution in [0, 0.1) is 17.0 Å². The minimum Gasteiger partial charge on any atom is -0.454 e. The summed E-state index contributed by atoms with van der Waals surface area (Å²) < 4.78 is 10.6. The molecule has 1 aromatic heterocycles. The Kier molecular flexibility index (Phi) is 4.53. The highest BCUT2D eigenvalue weighted by Gasteiger charge is 2.16. The molecule has 0 aliphatic carbocycles. The number of benzene rings is 2. The minimum atomic E-state index is -0.463. The van der Waals surface area contributed by atoms with Crippen molar-refractivity contribution in [1.29, 1.82) is 0 Å². The summed E-state index contributed by atoms with van der Waals surface area (Å²) in [7, 11) is 0. The molecular weight excluding hydrogens is 384 g/mol. The molecule has 1 amide bonds. The molecule has 2 heterocycles. The first kappa shape index (κ1) is 17.7. The van der Waals surface area contributed by atoms with Crippen LogP contribution in [0.1, 0.15) is 16.1 Å². The summed E-state index contributed by atoms with van der Waals surface area (Å²) in [5.41, 5.74) is 1.93. The SMILES string of the molecule is Cc1cc(NC(=O)c2csc(Nc3ccc4c(c3)OCO4)n2)ccc1[N+](=O)[O-]. The molecule has 1 aliphatic heterocycles. The number of hydrogen-bond acceptors (Lipinski definition) is 8. The number of amides is 1. The van der Waals surface area contributed by atoms with Gasteiger partial charge in [-0.1, -0.05) is 0 Å². The van der Waals surface area contributed by atoms with Crippen molar-refractivity contribution in [1.82, 2.24) is 4.98 Å². The molecule has 4 rings (SSSR count). The molecule has 2 N–H and O–H groups in total. The Balaban J connectivity index is 1.44. The molecule has 3 aromatic rings. The molecule has 2 aromatic carbocycles. The van der Waals surface area contributed by atoms with Gasteiger partial charge < -0.3 is 20.1 Å². The van der Waals surface area contributed by atoms with Crippen LogP contribution in [-0.2, 0) is 0 Å². The molecule has 142 valence electrons. The minimum absolute atomic E-state index is 0.00173. The predicted molar refractivity (Wildman–Crippen MR) is 104 cm³/mol. The van der Waals surface area contributed by atoms with Crippen LogP contribution in [0.15, 0.2) is 41.8 Å². The second-order valence-electron chi connectivity index (χ2n) is 5.94. The number of aromatic nitrogens is 1. The van der Waals surface area contributed by atoms with Gasteiger partial charge in [-0.2, -0.15) is 0 Å². The Morgan fingerprint density at radius 3 is 2.75 bits per heavy atom. The van der Waals surface area contributed by atoms with Crippen molar-refractivity contribution >= 4 is 39.4 Å². The molecule has 9 nitrogen and oxygen atoms in total. The Bertz CT molecular complexity index is 1080. The lowest BCUT2D eigenvalue weighted by Crippen LogP contribution is -2.12. The smallest absolute Gasteiger partial charge is 0.275 e. The topological polar surface area (TPSA) is 116 Å². The number of nitro groups is 1. The summed E-state index contributed by atoms with van der Waals surface area (Å²) in [6, 6.07) is 9.81. The summed E-state index contributed by atoms with van der Waals surface area (Å²) >= 11 is 1.28. The molecule has 28 heavy (non-hydrogen) atoms. The first-order chi connectivity index (χ1) is 13.5. The van der Waals surface area contributed by atoms with E-state index in [-0.39, 0.29) is 18.2 Å². The van der Waals surface area contributed by atoms with Gasteiger partial charge in [-0.25, -0.2) is 4.98 Å². The van der Waals surface area contributed by atoms with Crippen molar-refractivity contribution < 1.29 is 19.2 Å². The maximum absolute atomic E-state index is 12.4. The van der Waals surface area contributed by atoms with Crippen molar-refractivity contribution in [3.8, 4) is 11.5 Å². The summed E-state index contributed by atoms with van der Waals surface area (Å²) in [4.78, 5) is 27.1. The summed E-state index contributed by atoms with van der Waals surface area (Å²) in [6.45, 7) is 1.81. The number of nitro benzene ring substituents is 1. The number of hydrogen-bond donors (Lipinski definition) is 2. The van der Waals surface area contributed by atoms with E-state index in [2.05, 4.69) is 15.6 Å². The first-order valence-electron chi connectivity index (χ1n) is 8.18. The third-order valence-electron chi connectivity index (χ3n) is 4.01. The Morgan fingerprint density at radius 2 is 1.96 bits per heavy atom. The number of carbonyl (C=O) groups excluding carboxylic acids is 1. The van der Waals surface area contributed by atoms with Gasteiger partial charge in [0.2, 0.25) is 6.79 Å². The van der Waals surface area contributed by atoms with E-state index in [9.17, 15) is 14.9 Å². The monoisotopic (exact) mass is 398 g/mol. The maximum Gasteiger partial charge on any atom is 0.275 e. The fourth-order valence-electron chi connectivity index (χ4n) is 2.67. The van der Waals surface area contributed by atoms with E-state index >= 15 is 0 Å². The molecule has 0 atom stereocenters. The Morgan fingerprint density at radius 1 is 1.18 bits per heavy atom. The molecule has 0 fully saturated rings. The third kappa shape index (κ3) is 3.58. The Hall–Kier alpha value is -3.66. The lowest BCUT2D eigenvalue weighted by molar-refractivity contribution is -0.385. The molecule has 0 radical (unpaired) electrons. The second-order valence-corrected chi connectivity index (χ2v) is 6.80. The number of rotatable bonds is 5. The van der Waals surface area contributed by atoms with E-state index in [0.717, 1.165) is 5.69 Å². The lowest BCUT2D eigenvalue weighted by atomic mass is 10.2. The molecule has 0 saturated carbocycles. The van der Waals surface area contributed by atoms with Crippen LogP contribution < -0.4 is 20.1 Å². The van der Waals surface area contributed by atoms with Gasteiger partial charge in [0.15, 0.2) is 16.6 Å². The molecular formula is C18H14N4O5S. The van der Waals surface area contributed by atoms with Crippen molar-refractivity contribution in [3.05, 3.63) is 63.1 Å². The van der Waals surface area contributed by atoms with Gasteiger partial charge in [-0.15, -0.1) is 11.3 Å². The molecule has 0 bridgehead atoms. The zero-order valence-corrected chi connectivity index (χ0v) is 15.4. The highest BCUT2D eigenvalue weighted by molar-refractivity contribution is 7.14. The average molecular weight is 398 g/mol. The zero-order chi connectivity index (χ0) is 19.7. The van der Waals surface area contributed by atoms with Crippen molar-refractivity contribution in [2.24, 2.45) is 0 Å². The third-order valence-corrected chi connectivity index (χ3v) is 4.77. The predicted octanol–water partition coefficient (Wildman–Crippen LogP) is 4.08. The summed E-state index contributed by atoms with van der Waals surface area (Å²) in [5, 5.41) is 18.9. The van der Waals surface area contributed by atoms with E-state index < -0.39 is 10.8 Å². The number of nitrogens with zero attached hydrogens (tertiary/aromatic N) is 2. The number of nitrogens with one attached hydrogen (secondary N) is 2. The molecule has 1 aliphatic rings. The fraction of sp³-hybridized carbons (Fsp3) is 0.111. The van der Waals surface area contributed by atoms with Crippen molar-refractivity contribution in [2.45, 2.75) is 6.92 Å². The van der Waals surface area contributed by atoms with Crippen molar-refractivity contribution in [2.75, 3.05) is 17.4 Å². The van der Waals surface area contributed by atoms with Gasteiger partial charge in [-0.05, 0) is 31.2 Å². The van der Waals surface area contributed by atoms with Gasteiger partial charge in [0.05, 0.1) is 4.92 Å². The first-order valence-corrected chi connectivity index (χ1v) is 9.06. The lowest BCUT2D eigenvalue weighted by Gasteiger charge is -2.05. The molecule has 0 spiro atoms. The number of fused-ring (bicyclic) bond motifs is 1. The average Bonchev–Trinajstić information content (AvgIpc) is 3.30. The van der Waals surface area contributed by atoms with E-state index in [1.54, 1.807) is 30.5 Å². The standard InChI is InChI=1S/C18H14N4O5S/c1-10-6-11(2-4-14(10)22(24)25)19-17(23)13-8-28-18(21-13)20-12-3-5-15-16(7-12)27-9-26-15/h2-8H,9H2,1H3,(H,19,23)(H,20,21). The van der Waals surface area contributed by atoms with Crippen LogP contribution in [-0.4, -0.2) is 22.6 Å². The number of ether oxygens (including phenoxy) is 2. The van der Waals surface area contributed by atoms with Gasteiger partial charge >= 0.3 is 0 Å². The fourth-order valence-corrected chi connectivity index (χ4v) is 3.38. The van der Waals surface area contributed by atoms with Gasteiger partial charge in [0.25, 0.3) is 11.6 Å². The van der Waals surface area contributed by atoms with Crippen LogP contribution in [0.4, 0.5) is 22.2 Å². The van der Waals surface area contributed by atoms with Crippen LogP contribution in [0.3, 0.4) is 0 Å². The van der Waals surface area contributed by atoms with E-state index in [1.165, 1.54) is 23.5 Å². The molecule has 0 saturated heterocycles. The Labute approximate surface area is 163 Å². The van der Waals surface area contributed by atoms with E-state index in [1.807, 2.05) is 6.07 Å². The van der Waals surface area contributed by atoms with Crippen LogP contribution in [0.5, 0.6) is 11.5 Å². The van der Waals surface area contributed by atoms with Crippen molar-refractivity contribution in [3.63, 3.8) is 0 Å². The molecule has 10 heteroatoms. The van der Waals surface area contributed by atoms with Gasteiger partial charge in [-0.3, -0.25) is 14.9 Å². The number of anilines is 3. The van der Waals surface area contributed by atoms with Gasteiger partial charge in [0, 0.05) is 34.5 Å². The zero-order valence-electron chi connectivity index (χ0n) is 14.6. The largest absolute Gasteiger partial charge is 0.454 e. The summed E-state index contributed by atoms with van der Waals surface area (Å²) in [5.74, 6) is 0.930. The van der Waals surface area contributed by atoms with Crippen LogP contribution >= 0.6 is 11.3 Å². The molecule has 0 unspecified atom stereocenters. The van der Waals surface area contributed by atoms with E-state index in [0.29, 0.717) is 27.9 Å². The number of aryl methyl sites for hydroxylation is 1. The number of carbonyl (C=O) groups is 1.